The second kappa shape index (κ2) is 13.4. The second-order valence-corrected chi connectivity index (χ2v) is 6.16. The fraction of sp³-hybridized carbons (Fsp3) is 0.941. The Morgan fingerprint density at radius 3 is 2.40 bits per heavy atom. The SMILES string of the molecule is CC(=O)[O-].CCCCCCC[NH+]1CCCC(CCC)C1. The lowest BCUT2D eigenvalue weighted by Crippen LogP contribution is -3.13. The van der Waals surface area contributed by atoms with Gasteiger partial charge in [0.15, 0.2) is 0 Å². The summed E-state index contributed by atoms with van der Waals surface area (Å²) in [5, 5.41) is 8.89. The molecule has 1 saturated heterocycles. The number of rotatable bonds is 8. The molecule has 1 fully saturated rings. The standard InChI is InChI=1S/C15H31N.C2H4O2/c1-3-5-6-7-8-12-16-13-9-11-15(14-16)10-4-2;1-2(3)4/h15H,3-14H2,1-2H3;1H3,(H,3,4). The molecular formula is C17H35NO2. The first-order valence-electron chi connectivity index (χ1n) is 8.61. The van der Waals surface area contributed by atoms with Crippen molar-refractivity contribution in [3.05, 3.63) is 0 Å². The molecule has 1 aliphatic rings. The Bertz CT molecular complexity index is 225. The molecule has 1 N–H and O–H groups in total. The van der Waals surface area contributed by atoms with Gasteiger partial charge in [0.05, 0.1) is 19.6 Å². The fourth-order valence-electron chi connectivity index (χ4n) is 3.11. The number of carbonyl (C=O) groups is 1. The van der Waals surface area contributed by atoms with Crippen molar-refractivity contribution >= 4 is 5.97 Å². The van der Waals surface area contributed by atoms with E-state index < -0.39 is 5.97 Å². The number of piperidine rings is 1. The average molecular weight is 285 g/mol. The molecule has 120 valence electrons. The summed E-state index contributed by atoms with van der Waals surface area (Å²) in [5.41, 5.74) is 0. The lowest BCUT2D eigenvalue weighted by atomic mass is 9.93. The van der Waals surface area contributed by atoms with Gasteiger partial charge in [-0.15, -0.1) is 0 Å². The quantitative estimate of drug-likeness (QED) is 0.691. The highest BCUT2D eigenvalue weighted by Crippen LogP contribution is 2.13. The van der Waals surface area contributed by atoms with Crippen LogP contribution in [0.15, 0.2) is 0 Å². The van der Waals surface area contributed by atoms with Crippen molar-refractivity contribution in [1.29, 1.82) is 0 Å². The highest BCUT2D eigenvalue weighted by Gasteiger charge is 2.21. The van der Waals surface area contributed by atoms with E-state index in [9.17, 15) is 0 Å². The van der Waals surface area contributed by atoms with E-state index in [1.165, 1.54) is 77.4 Å². The van der Waals surface area contributed by atoms with Crippen LogP contribution in [0.4, 0.5) is 0 Å². The van der Waals surface area contributed by atoms with Crippen molar-refractivity contribution in [2.45, 2.75) is 78.6 Å². The van der Waals surface area contributed by atoms with Gasteiger partial charge >= 0.3 is 0 Å². The lowest BCUT2D eigenvalue weighted by Gasteiger charge is -2.29. The Labute approximate surface area is 125 Å². The van der Waals surface area contributed by atoms with Crippen LogP contribution in [-0.4, -0.2) is 25.6 Å². The van der Waals surface area contributed by atoms with Crippen LogP contribution in [0, 0.1) is 5.92 Å². The highest BCUT2D eigenvalue weighted by molar-refractivity contribution is 5.60. The Hall–Kier alpha value is -0.570. The Kier molecular flexibility index (Phi) is 13.0. The van der Waals surface area contributed by atoms with Crippen molar-refractivity contribution < 1.29 is 14.8 Å². The summed E-state index contributed by atoms with van der Waals surface area (Å²) in [7, 11) is 0. The van der Waals surface area contributed by atoms with E-state index >= 15 is 0 Å². The molecule has 1 heterocycles. The van der Waals surface area contributed by atoms with Gasteiger partial charge in [0.1, 0.15) is 0 Å². The number of quaternary nitrogens is 1. The van der Waals surface area contributed by atoms with Crippen molar-refractivity contribution in [2.24, 2.45) is 5.92 Å². The minimum Gasteiger partial charge on any atom is -0.550 e. The molecule has 20 heavy (non-hydrogen) atoms. The minimum absolute atomic E-state index is 0.972. The van der Waals surface area contributed by atoms with Crippen LogP contribution in [0.25, 0.3) is 0 Å². The fourth-order valence-corrected chi connectivity index (χ4v) is 3.11. The van der Waals surface area contributed by atoms with E-state index in [2.05, 4.69) is 13.8 Å². The number of hydrogen-bond acceptors (Lipinski definition) is 2. The van der Waals surface area contributed by atoms with Gasteiger partial charge in [-0.1, -0.05) is 39.5 Å². The minimum atomic E-state index is -1.08. The molecule has 0 bridgehead atoms. The molecule has 0 aliphatic carbocycles. The maximum absolute atomic E-state index is 8.89. The Morgan fingerprint density at radius 2 is 1.80 bits per heavy atom. The molecule has 0 spiro atoms. The summed E-state index contributed by atoms with van der Waals surface area (Å²) >= 11 is 0. The summed E-state index contributed by atoms with van der Waals surface area (Å²) in [6.07, 6.45) is 13.0. The molecule has 3 heteroatoms. The van der Waals surface area contributed by atoms with E-state index in [0.29, 0.717) is 0 Å². The smallest absolute Gasteiger partial charge is 0.0799 e. The topological polar surface area (TPSA) is 44.6 Å². The Balaban J connectivity index is 0.000000796. The number of carboxylic acid groups (broad SMARTS) is 1. The normalized spacial score (nSPS) is 21.9. The summed E-state index contributed by atoms with van der Waals surface area (Å²) in [6.45, 7) is 9.98. The van der Waals surface area contributed by atoms with E-state index in [-0.39, 0.29) is 0 Å². The lowest BCUT2D eigenvalue weighted by molar-refractivity contribution is -0.909. The molecule has 2 unspecified atom stereocenters. The Morgan fingerprint density at radius 1 is 1.15 bits per heavy atom. The maximum Gasteiger partial charge on any atom is 0.0799 e. The van der Waals surface area contributed by atoms with Gasteiger partial charge in [0.2, 0.25) is 0 Å². The molecule has 0 aromatic carbocycles. The van der Waals surface area contributed by atoms with Crippen LogP contribution in [0.1, 0.15) is 78.6 Å². The first-order chi connectivity index (χ1) is 9.60. The number of hydrogen-bond donors (Lipinski definition) is 1. The first-order valence-corrected chi connectivity index (χ1v) is 8.61. The van der Waals surface area contributed by atoms with Gasteiger partial charge in [0, 0.05) is 11.9 Å². The number of likely N-dealkylation sites (tertiary alicyclic amines) is 1. The molecule has 1 rings (SSSR count). The van der Waals surface area contributed by atoms with Crippen molar-refractivity contribution in [1.82, 2.24) is 0 Å². The van der Waals surface area contributed by atoms with E-state index in [1.807, 2.05) is 4.90 Å². The van der Waals surface area contributed by atoms with Crippen LogP contribution >= 0.6 is 0 Å². The van der Waals surface area contributed by atoms with Gasteiger partial charge in [-0.05, 0) is 39.0 Å². The number of carboxylic acids is 1. The number of unbranched alkanes of at least 4 members (excludes halogenated alkanes) is 4. The second-order valence-electron chi connectivity index (χ2n) is 6.16. The monoisotopic (exact) mass is 285 g/mol. The third kappa shape index (κ3) is 12.5. The number of aliphatic carboxylic acids is 1. The average Bonchev–Trinajstić information content (AvgIpc) is 2.39. The molecule has 0 aromatic heterocycles. The predicted molar refractivity (Wildman–Crippen MR) is 82.6 cm³/mol. The zero-order valence-electron chi connectivity index (χ0n) is 13.9. The zero-order chi connectivity index (χ0) is 15.2. The van der Waals surface area contributed by atoms with Crippen LogP contribution < -0.4 is 10.0 Å². The third-order valence-corrected chi connectivity index (χ3v) is 4.05. The van der Waals surface area contributed by atoms with Crippen LogP contribution in [0.5, 0.6) is 0 Å². The van der Waals surface area contributed by atoms with Gasteiger partial charge in [-0.2, -0.15) is 0 Å². The number of nitrogens with one attached hydrogen (secondary N) is 1. The molecule has 0 aromatic rings. The van der Waals surface area contributed by atoms with Gasteiger partial charge in [-0.25, -0.2) is 0 Å². The summed E-state index contributed by atoms with van der Waals surface area (Å²) in [4.78, 5) is 10.8. The van der Waals surface area contributed by atoms with Crippen LogP contribution in [-0.2, 0) is 4.79 Å². The zero-order valence-corrected chi connectivity index (χ0v) is 13.9. The number of carbonyl (C=O) groups excluding carboxylic acids is 1. The largest absolute Gasteiger partial charge is 0.550 e. The molecule has 0 radical (unpaired) electrons. The van der Waals surface area contributed by atoms with Gasteiger partial charge < -0.3 is 14.8 Å². The predicted octanol–water partition coefficient (Wildman–Crippen LogP) is 1.81. The maximum atomic E-state index is 8.89. The summed E-state index contributed by atoms with van der Waals surface area (Å²) in [5.74, 6) is -0.0376. The molecule has 3 nitrogen and oxygen atoms in total. The third-order valence-electron chi connectivity index (χ3n) is 4.05. The molecule has 0 amide bonds. The van der Waals surface area contributed by atoms with Crippen molar-refractivity contribution in [2.75, 3.05) is 19.6 Å². The van der Waals surface area contributed by atoms with Crippen LogP contribution in [0.3, 0.4) is 0 Å². The highest BCUT2D eigenvalue weighted by atomic mass is 16.4. The molecule has 1 aliphatic heterocycles. The molecule has 2 atom stereocenters. The summed E-state index contributed by atoms with van der Waals surface area (Å²) < 4.78 is 0. The van der Waals surface area contributed by atoms with Crippen molar-refractivity contribution in [3.8, 4) is 0 Å². The van der Waals surface area contributed by atoms with Crippen molar-refractivity contribution in [3.63, 3.8) is 0 Å². The first kappa shape index (κ1) is 19.4. The van der Waals surface area contributed by atoms with Gasteiger partial charge in [-0.3, -0.25) is 0 Å². The van der Waals surface area contributed by atoms with Gasteiger partial charge in [0.25, 0.3) is 0 Å². The molecular weight excluding hydrogens is 250 g/mol. The van der Waals surface area contributed by atoms with Crippen LogP contribution in [0.2, 0.25) is 0 Å². The summed E-state index contributed by atoms with van der Waals surface area (Å²) in [6, 6.07) is 0. The van der Waals surface area contributed by atoms with E-state index in [1.54, 1.807) is 0 Å². The van der Waals surface area contributed by atoms with E-state index in [0.717, 1.165) is 12.8 Å². The molecule has 0 saturated carbocycles. The van der Waals surface area contributed by atoms with E-state index in [4.69, 9.17) is 9.90 Å².